The molecule has 3 atom stereocenters. The molecule has 3 aromatic carbocycles. The van der Waals surface area contributed by atoms with Crippen LogP contribution in [0.2, 0.25) is 0 Å². The largest absolute Gasteiger partial charge is 0.497 e. The number of anilines is 2. The zero-order chi connectivity index (χ0) is 21.5. The summed E-state index contributed by atoms with van der Waals surface area (Å²) in [5.41, 5.74) is 2.20. The fraction of sp³-hybridized carbons (Fsp3) is 0.167. The molecule has 2 heterocycles. The topological polar surface area (TPSA) is 59.1 Å². The van der Waals surface area contributed by atoms with Crippen molar-refractivity contribution in [2.75, 3.05) is 17.1 Å². The fourth-order valence-corrected chi connectivity index (χ4v) is 4.46. The van der Waals surface area contributed by atoms with Gasteiger partial charge in [0, 0.05) is 4.47 Å². The number of hydrogen-bond acceptors (Lipinski definition) is 5. The van der Waals surface area contributed by atoms with Crippen LogP contribution in [0.4, 0.5) is 11.4 Å². The van der Waals surface area contributed by atoms with Gasteiger partial charge in [0.2, 0.25) is 5.91 Å². The predicted octanol–water partition coefficient (Wildman–Crippen LogP) is 4.51. The molecule has 0 unspecified atom stereocenters. The van der Waals surface area contributed by atoms with Crippen LogP contribution in [0.3, 0.4) is 0 Å². The fourth-order valence-electron chi connectivity index (χ4n) is 4.20. The molecular weight excluding hydrogens is 460 g/mol. The van der Waals surface area contributed by atoms with E-state index in [0.29, 0.717) is 11.4 Å². The van der Waals surface area contributed by atoms with Gasteiger partial charge in [0.25, 0.3) is 5.91 Å². The molecule has 0 aliphatic carbocycles. The van der Waals surface area contributed by atoms with Crippen molar-refractivity contribution in [3.8, 4) is 5.75 Å². The molecule has 0 radical (unpaired) electrons. The SMILES string of the molecule is COc1ccc(N2C(=O)[C@@H]3[C@@H](c4ccc(Br)cc4)N(c4ccccc4)O[C@H]3C2=O)cc1. The van der Waals surface area contributed by atoms with Crippen molar-refractivity contribution in [1.82, 2.24) is 0 Å². The Bertz CT molecular complexity index is 1120. The molecule has 0 spiro atoms. The van der Waals surface area contributed by atoms with E-state index in [0.717, 1.165) is 15.7 Å². The number of ether oxygens (including phenoxy) is 1. The summed E-state index contributed by atoms with van der Waals surface area (Å²) in [4.78, 5) is 34.2. The van der Waals surface area contributed by atoms with Gasteiger partial charge < -0.3 is 4.74 Å². The first kappa shape index (κ1) is 19.8. The lowest BCUT2D eigenvalue weighted by molar-refractivity contribution is -0.126. The number of carbonyl (C=O) groups is 2. The lowest BCUT2D eigenvalue weighted by Crippen LogP contribution is -2.37. The van der Waals surface area contributed by atoms with E-state index in [1.807, 2.05) is 54.6 Å². The van der Waals surface area contributed by atoms with E-state index in [1.165, 1.54) is 4.90 Å². The van der Waals surface area contributed by atoms with Crippen LogP contribution in [0.25, 0.3) is 0 Å². The Hall–Kier alpha value is -3.16. The van der Waals surface area contributed by atoms with E-state index in [4.69, 9.17) is 9.57 Å². The Morgan fingerprint density at radius 2 is 1.52 bits per heavy atom. The van der Waals surface area contributed by atoms with Gasteiger partial charge in [-0.3, -0.25) is 14.4 Å². The van der Waals surface area contributed by atoms with Crippen LogP contribution < -0.4 is 14.7 Å². The Labute approximate surface area is 188 Å². The molecular formula is C24H19BrN2O4. The van der Waals surface area contributed by atoms with Crippen molar-refractivity contribution in [3.63, 3.8) is 0 Å². The molecule has 6 nitrogen and oxygen atoms in total. The predicted molar refractivity (Wildman–Crippen MR) is 120 cm³/mol. The van der Waals surface area contributed by atoms with Gasteiger partial charge in [0.05, 0.1) is 24.5 Å². The first-order chi connectivity index (χ1) is 15.1. The van der Waals surface area contributed by atoms with Gasteiger partial charge in [-0.05, 0) is 54.1 Å². The molecule has 31 heavy (non-hydrogen) atoms. The quantitative estimate of drug-likeness (QED) is 0.516. The first-order valence-corrected chi connectivity index (χ1v) is 10.7. The zero-order valence-corrected chi connectivity index (χ0v) is 18.2. The minimum Gasteiger partial charge on any atom is -0.497 e. The Kier molecular flexibility index (Phi) is 5.00. The molecule has 3 aromatic rings. The number of amides is 2. The van der Waals surface area contributed by atoms with Crippen molar-refractivity contribution >= 4 is 39.1 Å². The molecule has 2 saturated heterocycles. The number of hydroxylamine groups is 1. The van der Waals surface area contributed by atoms with Crippen LogP contribution in [0, 0.1) is 5.92 Å². The van der Waals surface area contributed by atoms with Crippen LogP contribution in [0.5, 0.6) is 5.75 Å². The number of nitrogens with zero attached hydrogens (tertiary/aromatic N) is 2. The average molecular weight is 479 g/mol. The van der Waals surface area contributed by atoms with E-state index in [-0.39, 0.29) is 11.8 Å². The zero-order valence-electron chi connectivity index (χ0n) is 16.6. The molecule has 5 rings (SSSR count). The average Bonchev–Trinajstić information content (AvgIpc) is 3.31. The van der Waals surface area contributed by atoms with Crippen molar-refractivity contribution in [2.24, 2.45) is 5.92 Å². The van der Waals surface area contributed by atoms with Gasteiger partial charge in [-0.1, -0.05) is 46.3 Å². The number of benzene rings is 3. The van der Waals surface area contributed by atoms with Crippen molar-refractivity contribution in [2.45, 2.75) is 12.1 Å². The summed E-state index contributed by atoms with van der Waals surface area (Å²) >= 11 is 3.46. The molecule has 2 aliphatic rings. The number of fused-ring (bicyclic) bond motifs is 1. The van der Waals surface area contributed by atoms with Crippen LogP contribution in [-0.4, -0.2) is 25.0 Å². The lowest BCUT2D eigenvalue weighted by Gasteiger charge is -2.28. The van der Waals surface area contributed by atoms with Gasteiger partial charge in [-0.15, -0.1) is 0 Å². The summed E-state index contributed by atoms with van der Waals surface area (Å²) in [5, 5.41) is 1.69. The third kappa shape index (κ3) is 3.30. The molecule has 7 heteroatoms. The number of para-hydroxylation sites is 1. The summed E-state index contributed by atoms with van der Waals surface area (Å²) in [5.74, 6) is -0.634. The highest BCUT2D eigenvalue weighted by Crippen LogP contribution is 2.47. The molecule has 2 aliphatic heterocycles. The highest BCUT2D eigenvalue weighted by molar-refractivity contribution is 9.10. The second kappa shape index (κ2) is 7.83. The highest BCUT2D eigenvalue weighted by atomic mass is 79.9. The molecule has 0 bridgehead atoms. The highest BCUT2D eigenvalue weighted by Gasteiger charge is 2.60. The number of hydrogen-bond donors (Lipinski definition) is 0. The van der Waals surface area contributed by atoms with E-state index in [1.54, 1.807) is 36.4 Å². The first-order valence-electron chi connectivity index (χ1n) is 9.87. The molecule has 0 saturated carbocycles. The third-order valence-electron chi connectivity index (χ3n) is 5.67. The van der Waals surface area contributed by atoms with Crippen molar-refractivity contribution in [3.05, 3.63) is 88.9 Å². The summed E-state index contributed by atoms with van der Waals surface area (Å²) in [7, 11) is 1.57. The summed E-state index contributed by atoms with van der Waals surface area (Å²) in [6.45, 7) is 0. The van der Waals surface area contributed by atoms with Crippen LogP contribution in [0.1, 0.15) is 11.6 Å². The normalized spacial score (nSPS) is 22.7. The summed E-state index contributed by atoms with van der Waals surface area (Å²) in [6, 6.07) is 23.7. The second-order valence-electron chi connectivity index (χ2n) is 7.42. The number of methoxy groups -OCH3 is 1. The van der Waals surface area contributed by atoms with Crippen LogP contribution in [-0.2, 0) is 14.4 Å². The molecule has 156 valence electrons. The maximum absolute atomic E-state index is 13.5. The number of carbonyl (C=O) groups excluding carboxylic acids is 2. The van der Waals surface area contributed by atoms with Gasteiger partial charge in [-0.25, -0.2) is 9.96 Å². The van der Waals surface area contributed by atoms with E-state index >= 15 is 0 Å². The van der Waals surface area contributed by atoms with Crippen LogP contribution in [0.15, 0.2) is 83.3 Å². The summed E-state index contributed by atoms with van der Waals surface area (Å²) < 4.78 is 6.12. The number of imide groups is 1. The minimum absolute atomic E-state index is 0.272. The minimum atomic E-state index is -0.886. The van der Waals surface area contributed by atoms with Crippen molar-refractivity contribution in [1.29, 1.82) is 0 Å². The van der Waals surface area contributed by atoms with Crippen LogP contribution >= 0.6 is 15.9 Å². The molecule has 2 fully saturated rings. The van der Waals surface area contributed by atoms with E-state index in [9.17, 15) is 9.59 Å². The Morgan fingerprint density at radius 1 is 0.839 bits per heavy atom. The van der Waals surface area contributed by atoms with E-state index < -0.39 is 18.1 Å². The van der Waals surface area contributed by atoms with Gasteiger partial charge in [0.1, 0.15) is 11.7 Å². The van der Waals surface area contributed by atoms with Gasteiger partial charge in [0.15, 0.2) is 6.10 Å². The summed E-state index contributed by atoms with van der Waals surface area (Å²) in [6.07, 6.45) is -0.886. The van der Waals surface area contributed by atoms with E-state index in [2.05, 4.69) is 15.9 Å². The maximum atomic E-state index is 13.5. The molecule has 2 amide bonds. The Balaban J connectivity index is 1.56. The Morgan fingerprint density at radius 3 is 2.16 bits per heavy atom. The molecule has 0 aromatic heterocycles. The number of halogens is 1. The maximum Gasteiger partial charge on any atom is 0.266 e. The van der Waals surface area contributed by atoms with Gasteiger partial charge in [-0.2, -0.15) is 0 Å². The number of rotatable bonds is 4. The smallest absolute Gasteiger partial charge is 0.266 e. The third-order valence-corrected chi connectivity index (χ3v) is 6.20. The lowest BCUT2D eigenvalue weighted by atomic mass is 9.90. The second-order valence-corrected chi connectivity index (χ2v) is 8.34. The standard InChI is InChI=1S/C24H19BrN2O4/c1-30-19-13-11-17(12-14-19)26-23(28)20-21(15-7-9-16(25)10-8-15)27(31-22(20)24(26)29)18-5-3-2-4-6-18/h2-14,20-22H,1H3/t20-,21-,22-/m1/s1. The monoisotopic (exact) mass is 478 g/mol. The van der Waals surface area contributed by atoms with Crippen molar-refractivity contribution < 1.29 is 19.2 Å². The molecule has 0 N–H and O–H groups in total. The van der Waals surface area contributed by atoms with Gasteiger partial charge >= 0.3 is 0 Å².